The van der Waals surface area contributed by atoms with Crippen LogP contribution in [0.1, 0.15) is 24.8 Å². The highest BCUT2D eigenvalue weighted by Gasteiger charge is 2.34. The third kappa shape index (κ3) is 2.29. The second kappa shape index (κ2) is 4.37. The molecule has 19 heavy (non-hydrogen) atoms. The summed E-state index contributed by atoms with van der Waals surface area (Å²) in [5, 5.41) is 7.41. The normalized spacial score (nSPS) is 16.8. The summed E-state index contributed by atoms with van der Waals surface area (Å²) in [7, 11) is 0. The van der Waals surface area contributed by atoms with E-state index in [1.54, 1.807) is 4.68 Å². The van der Waals surface area contributed by atoms with Gasteiger partial charge in [0.25, 0.3) is 0 Å². The molecular weight excluding hydrogens is 279 g/mol. The van der Waals surface area contributed by atoms with E-state index in [4.69, 9.17) is 11.6 Å². The van der Waals surface area contributed by atoms with Gasteiger partial charge in [0.1, 0.15) is 5.52 Å². The van der Waals surface area contributed by atoms with Gasteiger partial charge in [-0.05, 0) is 30.9 Å². The van der Waals surface area contributed by atoms with Crippen molar-refractivity contribution in [2.24, 2.45) is 5.92 Å². The molecule has 0 N–H and O–H groups in total. The average Bonchev–Trinajstić information content (AvgIpc) is 2.63. The van der Waals surface area contributed by atoms with Gasteiger partial charge in [-0.15, -0.1) is 5.10 Å². The molecule has 0 amide bonds. The second-order valence-electron chi connectivity index (χ2n) is 4.89. The third-order valence-electron chi connectivity index (χ3n) is 3.56. The van der Waals surface area contributed by atoms with Gasteiger partial charge in [0.15, 0.2) is 0 Å². The largest absolute Gasteiger partial charge is 0.417 e. The molecule has 1 saturated carbocycles. The summed E-state index contributed by atoms with van der Waals surface area (Å²) in [6, 6.07) is 2.26. The van der Waals surface area contributed by atoms with E-state index in [0.717, 1.165) is 18.9 Å². The molecule has 1 aromatic heterocycles. The Balaban J connectivity index is 2.02. The van der Waals surface area contributed by atoms with Crippen molar-refractivity contribution >= 4 is 22.6 Å². The first-order valence-electron chi connectivity index (χ1n) is 6.05. The van der Waals surface area contributed by atoms with Crippen LogP contribution in [0.25, 0.3) is 11.0 Å². The van der Waals surface area contributed by atoms with E-state index in [1.165, 1.54) is 12.5 Å². The predicted molar refractivity (Wildman–Crippen MR) is 64.9 cm³/mol. The van der Waals surface area contributed by atoms with E-state index in [9.17, 15) is 13.2 Å². The smallest absolute Gasteiger partial charge is 0.244 e. The first-order valence-corrected chi connectivity index (χ1v) is 6.43. The summed E-state index contributed by atoms with van der Waals surface area (Å²) < 4.78 is 39.8. The number of fused-ring (bicyclic) bond motifs is 1. The molecular formula is C12H11ClF3N3. The number of hydrogen-bond acceptors (Lipinski definition) is 2. The number of rotatable bonds is 2. The van der Waals surface area contributed by atoms with Crippen LogP contribution in [0, 0.1) is 5.92 Å². The van der Waals surface area contributed by atoms with Crippen molar-refractivity contribution in [3.8, 4) is 0 Å². The Bertz CT molecular complexity index is 616. The van der Waals surface area contributed by atoms with Gasteiger partial charge in [-0.25, -0.2) is 4.68 Å². The van der Waals surface area contributed by atoms with Gasteiger partial charge in [-0.1, -0.05) is 23.2 Å². The van der Waals surface area contributed by atoms with Crippen LogP contribution in [0.3, 0.4) is 0 Å². The van der Waals surface area contributed by atoms with Crippen molar-refractivity contribution in [2.45, 2.75) is 32.0 Å². The molecule has 0 radical (unpaired) electrons. The van der Waals surface area contributed by atoms with Gasteiger partial charge >= 0.3 is 6.18 Å². The maximum absolute atomic E-state index is 12.7. The number of halogens is 4. The quantitative estimate of drug-likeness (QED) is 0.839. The number of alkyl halides is 3. The summed E-state index contributed by atoms with van der Waals surface area (Å²) in [6.07, 6.45) is -0.995. The molecule has 3 nitrogen and oxygen atoms in total. The van der Waals surface area contributed by atoms with E-state index >= 15 is 0 Å². The van der Waals surface area contributed by atoms with Crippen molar-refractivity contribution < 1.29 is 13.2 Å². The van der Waals surface area contributed by atoms with Gasteiger partial charge in [0.05, 0.1) is 16.1 Å². The van der Waals surface area contributed by atoms with Gasteiger partial charge in [0, 0.05) is 6.54 Å². The zero-order valence-corrected chi connectivity index (χ0v) is 10.7. The first kappa shape index (κ1) is 12.7. The molecule has 0 bridgehead atoms. The molecule has 7 heteroatoms. The molecule has 1 aliphatic carbocycles. The molecule has 0 saturated heterocycles. The fourth-order valence-electron chi connectivity index (χ4n) is 2.26. The molecule has 1 fully saturated rings. The predicted octanol–water partition coefficient (Wildman–Crippen LogP) is 3.90. The molecule has 2 aromatic rings. The Hall–Kier alpha value is -1.30. The van der Waals surface area contributed by atoms with E-state index in [2.05, 4.69) is 10.3 Å². The summed E-state index contributed by atoms with van der Waals surface area (Å²) in [6.45, 7) is 0.693. The molecule has 0 spiro atoms. The lowest BCUT2D eigenvalue weighted by atomic mass is 9.85. The van der Waals surface area contributed by atoms with Gasteiger partial charge < -0.3 is 0 Å². The van der Waals surface area contributed by atoms with Crippen LogP contribution in [-0.2, 0) is 12.7 Å². The number of aromatic nitrogens is 3. The minimum atomic E-state index is -4.47. The van der Waals surface area contributed by atoms with Crippen LogP contribution in [0.15, 0.2) is 12.1 Å². The zero-order chi connectivity index (χ0) is 13.6. The molecule has 1 heterocycles. The lowest BCUT2D eigenvalue weighted by Crippen LogP contribution is -2.18. The standard InChI is InChI=1S/C12H11ClF3N3/c13-9-5-11-10(4-8(9)12(14,15)16)17-18-19(11)6-7-2-1-3-7/h4-5,7H,1-3,6H2. The monoisotopic (exact) mass is 289 g/mol. The number of benzene rings is 1. The van der Waals surface area contributed by atoms with E-state index in [0.29, 0.717) is 18.0 Å². The van der Waals surface area contributed by atoms with Gasteiger partial charge in [-0.2, -0.15) is 13.2 Å². The summed E-state index contributed by atoms with van der Waals surface area (Å²) in [4.78, 5) is 0. The highest BCUT2D eigenvalue weighted by molar-refractivity contribution is 6.32. The summed E-state index contributed by atoms with van der Waals surface area (Å²) >= 11 is 5.71. The van der Waals surface area contributed by atoms with E-state index < -0.39 is 11.7 Å². The van der Waals surface area contributed by atoms with Crippen LogP contribution >= 0.6 is 11.6 Å². The maximum Gasteiger partial charge on any atom is 0.417 e. The zero-order valence-electron chi connectivity index (χ0n) is 9.91. The summed E-state index contributed by atoms with van der Waals surface area (Å²) in [5.74, 6) is 0.547. The van der Waals surface area contributed by atoms with E-state index in [-0.39, 0.29) is 10.5 Å². The fourth-order valence-corrected chi connectivity index (χ4v) is 2.53. The molecule has 0 atom stereocenters. The van der Waals surface area contributed by atoms with Crippen LogP contribution in [0.5, 0.6) is 0 Å². The Morgan fingerprint density at radius 1 is 1.32 bits per heavy atom. The summed E-state index contributed by atoms with van der Waals surface area (Å²) in [5.41, 5.74) is -0.0710. The van der Waals surface area contributed by atoms with Crippen LogP contribution in [0.2, 0.25) is 5.02 Å². The number of nitrogens with zero attached hydrogens (tertiary/aromatic N) is 3. The van der Waals surface area contributed by atoms with E-state index in [1.807, 2.05) is 0 Å². The first-order chi connectivity index (χ1) is 8.95. The van der Waals surface area contributed by atoms with Crippen molar-refractivity contribution in [2.75, 3.05) is 0 Å². The highest BCUT2D eigenvalue weighted by atomic mass is 35.5. The average molecular weight is 290 g/mol. The Morgan fingerprint density at radius 3 is 2.63 bits per heavy atom. The molecule has 102 valence electrons. The molecule has 1 aromatic carbocycles. The SMILES string of the molecule is FC(F)(F)c1cc2nnn(CC3CCC3)c2cc1Cl. The molecule has 3 rings (SSSR count). The fraction of sp³-hybridized carbons (Fsp3) is 0.500. The lowest BCUT2D eigenvalue weighted by Gasteiger charge is -2.24. The Labute approximate surface area is 112 Å². The third-order valence-corrected chi connectivity index (χ3v) is 3.88. The Kier molecular flexibility index (Phi) is 2.92. The second-order valence-corrected chi connectivity index (χ2v) is 5.29. The van der Waals surface area contributed by atoms with Gasteiger partial charge in [0.2, 0.25) is 0 Å². The highest BCUT2D eigenvalue weighted by Crippen LogP contribution is 2.37. The molecule has 0 unspecified atom stereocenters. The Morgan fingerprint density at radius 2 is 2.05 bits per heavy atom. The molecule has 1 aliphatic rings. The van der Waals surface area contributed by atoms with Crippen LogP contribution in [-0.4, -0.2) is 15.0 Å². The van der Waals surface area contributed by atoms with Crippen molar-refractivity contribution in [1.29, 1.82) is 0 Å². The van der Waals surface area contributed by atoms with Crippen LogP contribution < -0.4 is 0 Å². The van der Waals surface area contributed by atoms with Crippen LogP contribution in [0.4, 0.5) is 13.2 Å². The van der Waals surface area contributed by atoms with Gasteiger partial charge in [-0.3, -0.25) is 0 Å². The minimum absolute atomic E-state index is 0.232. The van der Waals surface area contributed by atoms with Crippen molar-refractivity contribution in [1.82, 2.24) is 15.0 Å². The lowest BCUT2D eigenvalue weighted by molar-refractivity contribution is -0.137. The van der Waals surface area contributed by atoms with Crippen molar-refractivity contribution in [3.05, 3.63) is 22.7 Å². The van der Waals surface area contributed by atoms with Crippen molar-refractivity contribution in [3.63, 3.8) is 0 Å². The molecule has 0 aliphatic heterocycles. The minimum Gasteiger partial charge on any atom is -0.244 e. The number of hydrogen-bond donors (Lipinski definition) is 0. The maximum atomic E-state index is 12.7. The topological polar surface area (TPSA) is 30.7 Å².